The standard InChI is InChI=1S/C22H25N3O4S/c1-4-29-19-12-8-7-11-18(19)23-20(26)14-30-22-24-17-10-6-5-9-16(17)21(27)25(22)15(2)13-28-3/h5-12,15H,4,13-14H2,1-3H3,(H,23,26)/t15-/m1/s1. The number of aromatic nitrogens is 2. The van der Waals surface area contributed by atoms with Gasteiger partial charge in [0.05, 0.1) is 41.6 Å². The highest BCUT2D eigenvalue weighted by Crippen LogP contribution is 2.25. The van der Waals surface area contributed by atoms with Gasteiger partial charge < -0.3 is 14.8 Å². The fourth-order valence-corrected chi connectivity index (χ4v) is 4.00. The fraction of sp³-hybridized carbons (Fsp3) is 0.318. The molecule has 0 aliphatic heterocycles. The Morgan fingerprint density at radius 3 is 2.70 bits per heavy atom. The van der Waals surface area contributed by atoms with E-state index in [0.717, 1.165) is 0 Å². The maximum atomic E-state index is 13.1. The Bertz CT molecular complexity index is 1080. The number of carbonyl (C=O) groups is 1. The van der Waals surface area contributed by atoms with Gasteiger partial charge in [-0.3, -0.25) is 14.2 Å². The highest BCUT2D eigenvalue weighted by molar-refractivity contribution is 7.99. The highest BCUT2D eigenvalue weighted by atomic mass is 32.2. The number of thioether (sulfide) groups is 1. The minimum absolute atomic E-state index is 0.102. The third-order valence-corrected chi connectivity index (χ3v) is 5.37. The summed E-state index contributed by atoms with van der Waals surface area (Å²) in [4.78, 5) is 30.3. The van der Waals surface area contributed by atoms with Gasteiger partial charge in [0.1, 0.15) is 5.75 Å². The minimum Gasteiger partial charge on any atom is -0.492 e. The first-order valence-corrected chi connectivity index (χ1v) is 10.7. The molecule has 3 aromatic rings. The summed E-state index contributed by atoms with van der Waals surface area (Å²) in [6, 6.07) is 14.3. The molecule has 0 bridgehead atoms. The van der Waals surface area contributed by atoms with Crippen molar-refractivity contribution in [2.45, 2.75) is 25.0 Å². The first kappa shape index (κ1) is 21.9. The van der Waals surface area contributed by atoms with Gasteiger partial charge in [0, 0.05) is 7.11 Å². The average Bonchev–Trinajstić information content (AvgIpc) is 2.74. The van der Waals surface area contributed by atoms with Crippen molar-refractivity contribution in [1.29, 1.82) is 0 Å². The molecule has 30 heavy (non-hydrogen) atoms. The van der Waals surface area contributed by atoms with E-state index in [-0.39, 0.29) is 23.3 Å². The van der Waals surface area contributed by atoms with Crippen molar-refractivity contribution in [2.24, 2.45) is 0 Å². The van der Waals surface area contributed by atoms with Crippen LogP contribution in [-0.2, 0) is 9.53 Å². The molecule has 0 radical (unpaired) electrons. The van der Waals surface area contributed by atoms with Gasteiger partial charge in [0.2, 0.25) is 5.91 Å². The number of ether oxygens (including phenoxy) is 2. The Labute approximate surface area is 179 Å². The lowest BCUT2D eigenvalue weighted by Crippen LogP contribution is -2.29. The summed E-state index contributed by atoms with van der Waals surface area (Å²) in [7, 11) is 1.59. The molecule has 1 atom stereocenters. The Morgan fingerprint density at radius 2 is 1.93 bits per heavy atom. The van der Waals surface area contributed by atoms with Gasteiger partial charge in [0.15, 0.2) is 5.16 Å². The summed E-state index contributed by atoms with van der Waals surface area (Å²) in [5.74, 6) is 0.513. The lowest BCUT2D eigenvalue weighted by atomic mass is 10.2. The molecule has 1 N–H and O–H groups in total. The molecule has 0 saturated carbocycles. The summed E-state index contributed by atoms with van der Waals surface area (Å²) < 4.78 is 12.4. The van der Waals surface area contributed by atoms with Crippen LogP contribution in [-0.4, -0.2) is 41.5 Å². The van der Waals surface area contributed by atoms with E-state index in [9.17, 15) is 9.59 Å². The van der Waals surface area contributed by atoms with Crippen LogP contribution < -0.4 is 15.6 Å². The van der Waals surface area contributed by atoms with Crippen molar-refractivity contribution >= 4 is 34.3 Å². The van der Waals surface area contributed by atoms with Crippen molar-refractivity contribution in [3.05, 3.63) is 58.9 Å². The molecular weight excluding hydrogens is 402 g/mol. The van der Waals surface area contributed by atoms with Crippen LogP contribution >= 0.6 is 11.8 Å². The fourth-order valence-electron chi connectivity index (χ4n) is 3.10. The predicted octanol–water partition coefficient (Wildman–Crippen LogP) is 3.73. The number of nitrogens with one attached hydrogen (secondary N) is 1. The van der Waals surface area contributed by atoms with E-state index in [1.165, 1.54) is 11.8 Å². The molecule has 0 aliphatic rings. The molecule has 1 amide bonds. The van der Waals surface area contributed by atoms with Gasteiger partial charge in [-0.2, -0.15) is 0 Å². The number of benzene rings is 2. The van der Waals surface area contributed by atoms with Gasteiger partial charge in [-0.25, -0.2) is 4.98 Å². The Kier molecular flexibility index (Phi) is 7.48. The zero-order chi connectivity index (χ0) is 21.5. The van der Waals surface area contributed by atoms with Crippen molar-refractivity contribution in [3.63, 3.8) is 0 Å². The van der Waals surface area contributed by atoms with Crippen LogP contribution in [0.1, 0.15) is 19.9 Å². The maximum Gasteiger partial charge on any atom is 0.262 e. The monoisotopic (exact) mass is 427 g/mol. The summed E-state index contributed by atoms with van der Waals surface area (Å²) in [6.07, 6.45) is 0. The van der Waals surface area contributed by atoms with Gasteiger partial charge in [0.25, 0.3) is 5.56 Å². The third kappa shape index (κ3) is 5.01. The summed E-state index contributed by atoms with van der Waals surface area (Å²) in [6.45, 7) is 4.65. The molecule has 0 saturated heterocycles. The SMILES string of the molecule is CCOc1ccccc1NC(=O)CSc1nc2ccccc2c(=O)n1[C@H](C)COC. The minimum atomic E-state index is -0.219. The molecule has 0 spiro atoms. The molecule has 1 heterocycles. The number of hydrogen-bond donors (Lipinski definition) is 1. The summed E-state index contributed by atoms with van der Waals surface area (Å²) in [5, 5.41) is 3.89. The molecule has 2 aromatic carbocycles. The zero-order valence-corrected chi connectivity index (χ0v) is 18.1. The van der Waals surface area contributed by atoms with E-state index in [1.54, 1.807) is 35.9 Å². The van der Waals surface area contributed by atoms with Crippen LogP contribution in [0.4, 0.5) is 5.69 Å². The van der Waals surface area contributed by atoms with Gasteiger partial charge in [-0.1, -0.05) is 36.0 Å². The average molecular weight is 428 g/mol. The van der Waals surface area contributed by atoms with E-state index in [0.29, 0.717) is 40.7 Å². The number of amides is 1. The molecule has 158 valence electrons. The predicted molar refractivity (Wildman–Crippen MR) is 120 cm³/mol. The number of hydrogen-bond acceptors (Lipinski definition) is 6. The van der Waals surface area contributed by atoms with Crippen LogP contribution in [0.25, 0.3) is 10.9 Å². The van der Waals surface area contributed by atoms with Crippen LogP contribution in [0, 0.1) is 0 Å². The quantitative estimate of drug-likeness (QED) is 0.414. The first-order valence-electron chi connectivity index (χ1n) is 9.69. The normalized spacial score (nSPS) is 12.0. The molecule has 7 nitrogen and oxygen atoms in total. The van der Waals surface area contributed by atoms with E-state index in [1.807, 2.05) is 38.1 Å². The Hall–Kier alpha value is -2.84. The van der Waals surface area contributed by atoms with Crippen molar-refractivity contribution in [1.82, 2.24) is 9.55 Å². The van der Waals surface area contributed by atoms with E-state index in [4.69, 9.17) is 9.47 Å². The van der Waals surface area contributed by atoms with E-state index < -0.39 is 0 Å². The van der Waals surface area contributed by atoms with Crippen molar-refractivity contribution in [2.75, 3.05) is 31.4 Å². The molecule has 1 aromatic heterocycles. The largest absolute Gasteiger partial charge is 0.492 e. The lowest BCUT2D eigenvalue weighted by Gasteiger charge is -2.19. The molecule has 8 heteroatoms. The second-order valence-corrected chi connectivity index (χ2v) is 7.60. The van der Waals surface area contributed by atoms with Crippen molar-refractivity contribution in [3.8, 4) is 5.75 Å². The number of carbonyl (C=O) groups excluding carboxylic acids is 1. The van der Waals surface area contributed by atoms with Crippen LogP contribution in [0.15, 0.2) is 58.5 Å². The van der Waals surface area contributed by atoms with Gasteiger partial charge in [-0.15, -0.1) is 0 Å². The lowest BCUT2D eigenvalue weighted by molar-refractivity contribution is -0.113. The smallest absolute Gasteiger partial charge is 0.262 e. The van der Waals surface area contributed by atoms with Crippen LogP contribution in [0.5, 0.6) is 5.75 Å². The number of anilines is 1. The highest BCUT2D eigenvalue weighted by Gasteiger charge is 2.18. The Balaban J connectivity index is 1.84. The molecular formula is C22H25N3O4S. The van der Waals surface area contributed by atoms with Crippen molar-refractivity contribution < 1.29 is 14.3 Å². The number of rotatable bonds is 9. The summed E-state index contributed by atoms with van der Waals surface area (Å²) in [5.41, 5.74) is 1.07. The number of nitrogens with zero attached hydrogens (tertiary/aromatic N) is 2. The van der Waals surface area contributed by atoms with E-state index >= 15 is 0 Å². The number of methoxy groups -OCH3 is 1. The maximum absolute atomic E-state index is 13.1. The van der Waals surface area contributed by atoms with Gasteiger partial charge >= 0.3 is 0 Å². The number of para-hydroxylation sites is 3. The Morgan fingerprint density at radius 1 is 1.20 bits per heavy atom. The second kappa shape index (κ2) is 10.3. The van der Waals surface area contributed by atoms with Crippen LogP contribution in [0.3, 0.4) is 0 Å². The topological polar surface area (TPSA) is 82.5 Å². The van der Waals surface area contributed by atoms with Gasteiger partial charge in [-0.05, 0) is 38.1 Å². The molecule has 0 fully saturated rings. The molecule has 0 unspecified atom stereocenters. The number of fused-ring (bicyclic) bond motifs is 1. The molecule has 3 rings (SSSR count). The van der Waals surface area contributed by atoms with E-state index in [2.05, 4.69) is 10.3 Å². The zero-order valence-electron chi connectivity index (χ0n) is 17.3. The summed E-state index contributed by atoms with van der Waals surface area (Å²) >= 11 is 1.22. The first-order chi connectivity index (χ1) is 14.5. The molecule has 0 aliphatic carbocycles. The van der Waals surface area contributed by atoms with Crippen LogP contribution in [0.2, 0.25) is 0 Å². The third-order valence-electron chi connectivity index (χ3n) is 4.42. The second-order valence-electron chi connectivity index (χ2n) is 6.66.